The predicted octanol–water partition coefficient (Wildman–Crippen LogP) is 5.51. The van der Waals surface area contributed by atoms with E-state index < -0.39 is 30.2 Å². The van der Waals surface area contributed by atoms with E-state index in [2.05, 4.69) is 10.1 Å². The molecule has 9 heteroatoms. The number of alkyl carbamates (subject to hydrolysis) is 1. The van der Waals surface area contributed by atoms with Crippen LogP contribution in [0, 0.1) is 0 Å². The third kappa shape index (κ3) is 5.92. The van der Waals surface area contributed by atoms with Crippen LogP contribution in [-0.2, 0) is 16.0 Å². The highest BCUT2D eigenvalue weighted by Gasteiger charge is 2.31. The van der Waals surface area contributed by atoms with Gasteiger partial charge in [0.2, 0.25) is 0 Å². The van der Waals surface area contributed by atoms with Gasteiger partial charge in [0.25, 0.3) is 0 Å². The largest absolute Gasteiger partial charge is 0.573 e. The number of amides is 1. The maximum absolute atomic E-state index is 12.4. The number of hydrogen-bond donors (Lipinski definition) is 2. The first-order chi connectivity index (χ1) is 16.7. The molecule has 2 N–H and O–H groups in total. The highest BCUT2D eigenvalue weighted by Crippen LogP contribution is 2.44. The topological polar surface area (TPSA) is 84.9 Å². The van der Waals surface area contributed by atoms with Crippen LogP contribution in [0.15, 0.2) is 72.8 Å². The lowest BCUT2D eigenvalue weighted by atomic mass is 9.98. The Morgan fingerprint density at radius 1 is 0.943 bits per heavy atom. The molecule has 6 nitrogen and oxygen atoms in total. The lowest BCUT2D eigenvalue weighted by Crippen LogP contribution is -2.41. The summed E-state index contributed by atoms with van der Waals surface area (Å²) in [6.45, 7) is 0.0308. The lowest BCUT2D eigenvalue weighted by Gasteiger charge is -2.17. The van der Waals surface area contributed by atoms with Gasteiger partial charge in [-0.1, -0.05) is 60.7 Å². The molecule has 0 heterocycles. The number of carbonyl (C=O) groups is 2. The van der Waals surface area contributed by atoms with Crippen molar-refractivity contribution < 1.29 is 37.3 Å². The van der Waals surface area contributed by atoms with Crippen molar-refractivity contribution in [1.29, 1.82) is 0 Å². The van der Waals surface area contributed by atoms with Gasteiger partial charge in [-0.2, -0.15) is 0 Å². The van der Waals surface area contributed by atoms with Crippen LogP contribution >= 0.6 is 0 Å². The van der Waals surface area contributed by atoms with Gasteiger partial charge in [-0.25, -0.2) is 9.59 Å². The molecule has 3 aromatic carbocycles. The first-order valence-corrected chi connectivity index (χ1v) is 10.9. The quantitative estimate of drug-likeness (QED) is 0.440. The third-order valence-corrected chi connectivity index (χ3v) is 5.79. The number of carboxylic acid groups (broad SMARTS) is 1. The number of ether oxygens (including phenoxy) is 2. The number of nitrogens with one attached hydrogen (secondary N) is 1. The summed E-state index contributed by atoms with van der Waals surface area (Å²) >= 11 is 0. The number of fused-ring (bicyclic) bond motifs is 3. The van der Waals surface area contributed by atoms with Gasteiger partial charge in [0.1, 0.15) is 18.4 Å². The van der Waals surface area contributed by atoms with Crippen LogP contribution in [0.1, 0.15) is 29.0 Å². The first-order valence-electron chi connectivity index (χ1n) is 10.9. The molecule has 1 aliphatic rings. The number of benzene rings is 3. The molecule has 182 valence electrons. The average Bonchev–Trinajstić information content (AvgIpc) is 3.13. The SMILES string of the molecule is O=C(NC(CCc1cccc(OC(F)(F)F)c1)C(=O)O)OCC1c2ccccc2-c2ccccc21. The maximum atomic E-state index is 12.4. The third-order valence-electron chi connectivity index (χ3n) is 5.79. The fourth-order valence-electron chi connectivity index (χ4n) is 4.25. The van der Waals surface area contributed by atoms with Crippen molar-refractivity contribution in [2.75, 3.05) is 6.61 Å². The summed E-state index contributed by atoms with van der Waals surface area (Å²) < 4.78 is 46.5. The van der Waals surface area contributed by atoms with Crippen LogP contribution in [-0.4, -0.2) is 36.2 Å². The zero-order valence-electron chi connectivity index (χ0n) is 18.4. The van der Waals surface area contributed by atoms with Crippen molar-refractivity contribution in [1.82, 2.24) is 5.32 Å². The van der Waals surface area contributed by atoms with Gasteiger partial charge in [-0.3, -0.25) is 0 Å². The monoisotopic (exact) mass is 485 g/mol. The molecule has 0 bridgehead atoms. The Balaban J connectivity index is 1.36. The second kappa shape index (κ2) is 10.1. The van der Waals surface area contributed by atoms with Crippen molar-refractivity contribution in [2.24, 2.45) is 0 Å². The molecule has 4 rings (SSSR count). The van der Waals surface area contributed by atoms with E-state index in [1.165, 1.54) is 12.1 Å². The number of carbonyl (C=O) groups excluding carboxylic acids is 1. The van der Waals surface area contributed by atoms with E-state index in [-0.39, 0.29) is 25.4 Å². The average molecular weight is 485 g/mol. The minimum atomic E-state index is -4.83. The number of hydrogen-bond acceptors (Lipinski definition) is 4. The molecule has 0 radical (unpaired) electrons. The maximum Gasteiger partial charge on any atom is 0.573 e. The molecular formula is C26H22F3NO5. The predicted molar refractivity (Wildman–Crippen MR) is 121 cm³/mol. The number of rotatable bonds is 8. The molecule has 1 unspecified atom stereocenters. The summed E-state index contributed by atoms with van der Waals surface area (Å²) in [5, 5.41) is 11.8. The van der Waals surface area contributed by atoms with E-state index in [1.807, 2.05) is 48.5 Å². The standard InChI is InChI=1S/C26H22F3NO5/c27-26(28,29)35-17-7-5-6-16(14-17)12-13-23(24(31)32)30-25(33)34-15-22-20-10-3-1-8-18(20)19-9-2-4-11-21(19)22/h1-11,14,22-23H,12-13,15H2,(H,30,33)(H,31,32). The number of alkyl halides is 3. The fourth-order valence-corrected chi connectivity index (χ4v) is 4.25. The van der Waals surface area contributed by atoms with E-state index in [9.17, 15) is 27.9 Å². The van der Waals surface area contributed by atoms with E-state index in [4.69, 9.17) is 4.74 Å². The Labute approximate surface area is 199 Å². The zero-order chi connectivity index (χ0) is 25.0. The Morgan fingerprint density at radius 2 is 1.57 bits per heavy atom. The molecule has 1 aliphatic carbocycles. The second-order valence-electron chi connectivity index (χ2n) is 8.09. The van der Waals surface area contributed by atoms with Crippen LogP contribution in [0.25, 0.3) is 11.1 Å². The van der Waals surface area contributed by atoms with Gasteiger partial charge in [0.15, 0.2) is 0 Å². The highest BCUT2D eigenvalue weighted by atomic mass is 19.4. The van der Waals surface area contributed by atoms with E-state index in [0.717, 1.165) is 28.3 Å². The summed E-state index contributed by atoms with van der Waals surface area (Å²) in [5.74, 6) is -1.85. The molecule has 35 heavy (non-hydrogen) atoms. The Morgan fingerprint density at radius 3 is 2.17 bits per heavy atom. The molecule has 0 saturated heterocycles. The van der Waals surface area contributed by atoms with Gasteiger partial charge in [0.05, 0.1) is 0 Å². The van der Waals surface area contributed by atoms with Crippen LogP contribution in [0.2, 0.25) is 0 Å². The smallest absolute Gasteiger partial charge is 0.480 e. The summed E-state index contributed by atoms with van der Waals surface area (Å²) in [7, 11) is 0. The molecule has 0 spiro atoms. The first kappa shape index (κ1) is 24.1. The number of halogens is 3. The summed E-state index contributed by atoms with van der Waals surface area (Å²) in [6.07, 6.45) is -5.65. The number of aryl methyl sites for hydroxylation is 1. The van der Waals surface area contributed by atoms with Crippen molar-refractivity contribution in [3.63, 3.8) is 0 Å². The highest BCUT2D eigenvalue weighted by molar-refractivity contribution is 5.81. The molecule has 0 fully saturated rings. The molecule has 1 amide bonds. The molecular weight excluding hydrogens is 463 g/mol. The Hall–Kier alpha value is -4.01. The number of carboxylic acids is 1. The van der Waals surface area contributed by atoms with Crippen LogP contribution < -0.4 is 10.1 Å². The minimum absolute atomic E-state index is 0.0308. The normalized spacial score (nSPS) is 13.5. The van der Waals surface area contributed by atoms with Crippen LogP contribution in [0.3, 0.4) is 0 Å². The van der Waals surface area contributed by atoms with Crippen molar-refractivity contribution in [3.8, 4) is 16.9 Å². The van der Waals surface area contributed by atoms with Crippen molar-refractivity contribution in [2.45, 2.75) is 31.2 Å². The van der Waals surface area contributed by atoms with E-state index in [0.29, 0.717) is 5.56 Å². The van der Waals surface area contributed by atoms with Gasteiger partial charge in [-0.15, -0.1) is 13.2 Å². The lowest BCUT2D eigenvalue weighted by molar-refractivity contribution is -0.274. The zero-order valence-corrected chi connectivity index (χ0v) is 18.4. The fraction of sp³-hybridized carbons (Fsp3) is 0.231. The summed E-state index contributed by atoms with van der Waals surface area (Å²) in [5.41, 5.74) is 4.62. The van der Waals surface area contributed by atoms with Crippen LogP contribution in [0.4, 0.5) is 18.0 Å². The van der Waals surface area contributed by atoms with Gasteiger partial charge in [0, 0.05) is 5.92 Å². The summed E-state index contributed by atoms with van der Waals surface area (Å²) in [4.78, 5) is 24.1. The Kier molecular flexibility index (Phi) is 6.95. The van der Waals surface area contributed by atoms with E-state index in [1.54, 1.807) is 6.07 Å². The van der Waals surface area contributed by atoms with Crippen molar-refractivity contribution in [3.05, 3.63) is 89.5 Å². The minimum Gasteiger partial charge on any atom is -0.480 e. The molecule has 0 saturated carbocycles. The Bertz CT molecular complexity index is 1180. The van der Waals surface area contributed by atoms with Gasteiger partial charge >= 0.3 is 18.4 Å². The second-order valence-corrected chi connectivity index (χ2v) is 8.09. The molecule has 1 atom stereocenters. The van der Waals surface area contributed by atoms with Gasteiger partial charge in [-0.05, 0) is 52.8 Å². The number of aliphatic carboxylic acids is 1. The van der Waals surface area contributed by atoms with Gasteiger partial charge < -0.3 is 19.9 Å². The summed E-state index contributed by atoms with van der Waals surface area (Å²) in [6, 6.07) is 19.6. The molecule has 0 aliphatic heterocycles. The molecule has 0 aromatic heterocycles. The van der Waals surface area contributed by atoms with E-state index >= 15 is 0 Å². The molecule has 3 aromatic rings. The van der Waals surface area contributed by atoms with Crippen molar-refractivity contribution >= 4 is 12.1 Å². The van der Waals surface area contributed by atoms with Crippen LogP contribution in [0.5, 0.6) is 5.75 Å².